The summed E-state index contributed by atoms with van der Waals surface area (Å²) in [6.45, 7) is 4.91. The van der Waals surface area contributed by atoms with Gasteiger partial charge in [-0.1, -0.05) is 0 Å². The summed E-state index contributed by atoms with van der Waals surface area (Å²) in [6, 6.07) is 12.2. The number of ether oxygens (including phenoxy) is 2. The number of carboxylic acids is 1. The molecule has 182 valence electrons. The number of hydrogen-bond donors (Lipinski definition) is 3. The minimum Gasteiger partial charge on any atom is -0.494 e. The molecular weight excluding hydrogens is 436 g/mol. The third-order valence-electron chi connectivity index (χ3n) is 5.89. The fraction of sp³-hybridized carbons (Fsp3) is 0.423. The average molecular weight is 469 g/mol. The molecule has 0 unspecified atom stereocenters. The molecule has 0 bridgehead atoms. The van der Waals surface area contributed by atoms with Crippen molar-refractivity contribution in [1.82, 2.24) is 10.6 Å². The monoisotopic (exact) mass is 468 g/mol. The smallest absolute Gasteiger partial charge is 0.306 e. The standard InChI is InChI=1S/C26H32N2O6/c1-3-33-20-8-4-18(5-9-20)24(29)27-14-15-28-25(30)23-13-12-22(16-17(23)2)34-21-10-6-19(7-11-21)26(31)32/h4-5,8-9,12-13,16,19,21H,3,6-7,10-11,14-15H2,1-2H3,(H,27,29)(H,28,30)(H,31,32)/t19-,21+. The number of benzene rings is 2. The molecule has 0 spiro atoms. The summed E-state index contributed by atoms with van der Waals surface area (Å²) in [4.78, 5) is 35.9. The molecule has 0 aliphatic heterocycles. The Bertz CT molecular complexity index is 997. The molecule has 3 rings (SSSR count). The summed E-state index contributed by atoms with van der Waals surface area (Å²) in [5.41, 5.74) is 1.85. The van der Waals surface area contributed by atoms with Crippen molar-refractivity contribution in [1.29, 1.82) is 0 Å². The van der Waals surface area contributed by atoms with E-state index in [1.54, 1.807) is 36.4 Å². The van der Waals surface area contributed by atoms with Crippen molar-refractivity contribution < 1.29 is 29.0 Å². The summed E-state index contributed by atoms with van der Waals surface area (Å²) in [6.07, 6.45) is 2.65. The molecule has 0 aromatic heterocycles. The molecule has 0 heterocycles. The Morgan fingerprint density at radius 1 is 0.912 bits per heavy atom. The first-order chi connectivity index (χ1) is 16.4. The lowest BCUT2D eigenvalue weighted by Gasteiger charge is -2.27. The second kappa shape index (κ2) is 12.1. The van der Waals surface area contributed by atoms with Crippen molar-refractivity contribution in [3.05, 3.63) is 59.2 Å². The molecule has 3 N–H and O–H groups in total. The first-order valence-corrected chi connectivity index (χ1v) is 11.7. The number of carboxylic acid groups (broad SMARTS) is 1. The first kappa shape index (κ1) is 25.1. The fourth-order valence-corrected chi connectivity index (χ4v) is 4.00. The van der Waals surface area contributed by atoms with E-state index in [2.05, 4.69) is 10.6 Å². The lowest BCUT2D eigenvalue weighted by atomic mass is 9.87. The highest BCUT2D eigenvalue weighted by atomic mass is 16.5. The summed E-state index contributed by atoms with van der Waals surface area (Å²) < 4.78 is 11.4. The quantitative estimate of drug-likeness (QED) is 0.460. The molecule has 34 heavy (non-hydrogen) atoms. The van der Waals surface area contributed by atoms with Gasteiger partial charge in [0.2, 0.25) is 0 Å². The molecule has 1 saturated carbocycles. The van der Waals surface area contributed by atoms with Crippen molar-refractivity contribution in [2.75, 3.05) is 19.7 Å². The third kappa shape index (κ3) is 6.97. The van der Waals surface area contributed by atoms with Crippen LogP contribution in [0.2, 0.25) is 0 Å². The molecule has 0 saturated heterocycles. The van der Waals surface area contributed by atoms with Crippen molar-refractivity contribution in [2.24, 2.45) is 5.92 Å². The Hall–Kier alpha value is -3.55. The molecule has 2 aromatic rings. The number of aryl methyl sites for hydroxylation is 1. The topological polar surface area (TPSA) is 114 Å². The van der Waals surface area contributed by atoms with Crippen LogP contribution in [0, 0.1) is 12.8 Å². The molecule has 8 nitrogen and oxygen atoms in total. The van der Waals surface area contributed by atoms with E-state index in [4.69, 9.17) is 14.6 Å². The number of amides is 2. The van der Waals surface area contributed by atoms with Gasteiger partial charge < -0.3 is 25.2 Å². The predicted molar refractivity (Wildman–Crippen MR) is 127 cm³/mol. The molecule has 0 atom stereocenters. The van der Waals surface area contributed by atoms with Crippen molar-refractivity contribution in [3.8, 4) is 11.5 Å². The summed E-state index contributed by atoms with van der Waals surface area (Å²) in [7, 11) is 0. The van der Waals surface area contributed by atoms with Gasteiger partial charge in [0.05, 0.1) is 18.6 Å². The third-order valence-corrected chi connectivity index (χ3v) is 5.89. The molecule has 8 heteroatoms. The molecule has 2 aromatic carbocycles. The summed E-state index contributed by atoms with van der Waals surface area (Å²) in [5, 5.41) is 14.7. The van der Waals surface area contributed by atoms with Gasteiger partial charge in [-0.05, 0) is 87.6 Å². The Labute approximate surface area is 199 Å². The SMILES string of the molecule is CCOc1ccc(C(=O)NCCNC(=O)c2ccc(O[C@H]3CC[C@@H](C(=O)O)CC3)cc2C)cc1. The van der Waals surface area contributed by atoms with Gasteiger partial charge in [-0.2, -0.15) is 0 Å². The van der Waals surface area contributed by atoms with E-state index in [1.165, 1.54) is 0 Å². The van der Waals surface area contributed by atoms with Gasteiger partial charge >= 0.3 is 5.97 Å². The number of aliphatic carboxylic acids is 1. The molecule has 1 fully saturated rings. The predicted octanol–water partition coefficient (Wildman–Crippen LogP) is 3.58. The number of carbonyl (C=O) groups excluding carboxylic acids is 2. The van der Waals surface area contributed by atoms with Crippen LogP contribution < -0.4 is 20.1 Å². The van der Waals surface area contributed by atoms with Crippen LogP contribution in [0.15, 0.2) is 42.5 Å². The van der Waals surface area contributed by atoms with Crippen LogP contribution in [-0.4, -0.2) is 48.7 Å². The zero-order valence-corrected chi connectivity index (χ0v) is 19.6. The van der Waals surface area contributed by atoms with Crippen molar-refractivity contribution in [2.45, 2.75) is 45.6 Å². The lowest BCUT2D eigenvalue weighted by Crippen LogP contribution is -2.35. The number of nitrogens with one attached hydrogen (secondary N) is 2. The highest BCUT2D eigenvalue weighted by Gasteiger charge is 2.27. The zero-order chi connectivity index (χ0) is 24.5. The Kier molecular flexibility index (Phi) is 8.90. The second-order valence-corrected chi connectivity index (χ2v) is 8.38. The van der Waals surface area contributed by atoms with E-state index < -0.39 is 5.97 Å². The number of hydrogen-bond acceptors (Lipinski definition) is 5. The van der Waals surface area contributed by atoms with Gasteiger partial charge in [0.1, 0.15) is 11.5 Å². The fourth-order valence-electron chi connectivity index (χ4n) is 4.00. The van der Waals surface area contributed by atoms with Crippen LogP contribution in [0.4, 0.5) is 0 Å². The second-order valence-electron chi connectivity index (χ2n) is 8.38. The van der Waals surface area contributed by atoms with E-state index in [1.807, 2.05) is 19.9 Å². The van der Waals surface area contributed by atoms with Crippen LogP contribution in [0.3, 0.4) is 0 Å². The van der Waals surface area contributed by atoms with Crippen molar-refractivity contribution >= 4 is 17.8 Å². The van der Waals surface area contributed by atoms with Crippen LogP contribution in [0.25, 0.3) is 0 Å². The van der Waals surface area contributed by atoms with Crippen LogP contribution in [-0.2, 0) is 4.79 Å². The molecular formula is C26H32N2O6. The minimum absolute atomic E-state index is 0.00587. The molecule has 1 aliphatic carbocycles. The maximum absolute atomic E-state index is 12.5. The largest absolute Gasteiger partial charge is 0.494 e. The normalized spacial score (nSPS) is 17.5. The van der Waals surface area contributed by atoms with Gasteiger partial charge in [0, 0.05) is 24.2 Å². The van der Waals surface area contributed by atoms with E-state index >= 15 is 0 Å². The van der Waals surface area contributed by atoms with Crippen LogP contribution in [0.1, 0.15) is 58.9 Å². The lowest BCUT2D eigenvalue weighted by molar-refractivity contribution is -0.143. The van der Waals surface area contributed by atoms with Gasteiger partial charge in [-0.25, -0.2) is 0 Å². The van der Waals surface area contributed by atoms with E-state index in [-0.39, 0.29) is 23.8 Å². The minimum atomic E-state index is -0.736. The first-order valence-electron chi connectivity index (χ1n) is 11.7. The number of rotatable bonds is 10. The highest BCUT2D eigenvalue weighted by molar-refractivity contribution is 5.96. The maximum Gasteiger partial charge on any atom is 0.306 e. The van der Waals surface area contributed by atoms with Crippen LogP contribution >= 0.6 is 0 Å². The average Bonchev–Trinajstić information content (AvgIpc) is 2.82. The van der Waals surface area contributed by atoms with Gasteiger partial charge in [-0.15, -0.1) is 0 Å². The molecule has 1 aliphatic rings. The van der Waals surface area contributed by atoms with E-state index in [9.17, 15) is 14.4 Å². The Balaban J connectivity index is 1.42. The van der Waals surface area contributed by atoms with E-state index in [0.717, 1.165) is 5.56 Å². The van der Waals surface area contributed by atoms with Gasteiger partial charge in [0.15, 0.2) is 0 Å². The van der Waals surface area contributed by atoms with Crippen LogP contribution in [0.5, 0.6) is 11.5 Å². The summed E-state index contributed by atoms with van der Waals surface area (Å²) >= 11 is 0. The number of carbonyl (C=O) groups is 3. The maximum atomic E-state index is 12.5. The Morgan fingerprint density at radius 2 is 1.53 bits per heavy atom. The Morgan fingerprint density at radius 3 is 2.12 bits per heavy atom. The molecule has 2 amide bonds. The van der Waals surface area contributed by atoms with Gasteiger partial charge in [-0.3, -0.25) is 14.4 Å². The molecule has 0 radical (unpaired) electrons. The highest BCUT2D eigenvalue weighted by Crippen LogP contribution is 2.28. The van der Waals surface area contributed by atoms with Gasteiger partial charge in [0.25, 0.3) is 11.8 Å². The zero-order valence-electron chi connectivity index (χ0n) is 19.6. The summed E-state index contributed by atoms with van der Waals surface area (Å²) in [5.74, 6) is -0.0633. The van der Waals surface area contributed by atoms with Crippen molar-refractivity contribution in [3.63, 3.8) is 0 Å². The van der Waals surface area contributed by atoms with E-state index in [0.29, 0.717) is 68.0 Å².